The fourth-order valence-electron chi connectivity index (χ4n) is 5.79. The molecule has 0 heterocycles. The number of ketones is 1. The summed E-state index contributed by atoms with van der Waals surface area (Å²) in [6, 6.07) is 41.0. The van der Waals surface area contributed by atoms with Gasteiger partial charge in [-0.3, -0.25) is 9.59 Å². The summed E-state index contributed by atoms with van der Waals surface area (Å²) in [4.78, 5) is 25.9. The van der Waals surface area contributed by atoms with E-state index in [-0.39, 0.29) is 24.4 Å². The van der Waals surface area contributed by atoms with Crippen molar-refractivity contribution in [3.05, 3.63) is 155 Å². The van der Waals surface area contributed by atoms with E-state index in [1.54, 1.807) is 14.0 Å². The van der Waals surface area contributed by atoms with Crippen molar-refractivity contribution in [2.45, 2.75) is 58.6 Å². The second-order valence-electron chi connectivity index (χ2n) is 12.3. The summed E-state index contributed by atoms with van der Waals surface area (Å²) in [7, 11) is 1.80. The monoisotopic (exact) mass is 670 g/mol. The predicted molar refractivity (Wildman–Crippen MR) is 198 cm³/mol. The number of hydrogen-bond acceptors (Lipinski definition) is 7. The van der Waals surface area contributed by atoms with Crippen LogP contribution in [0.3, 0.4) is 0 Å². The van der Waals surface area contributed by atoms with Crippen molar-refractivity contribution >= 4 is 11.8 Å². The summed E-state index contributed by atoms with van der Waals surface area (Å²) in [5, 5.41) is 6.47. The van der Waals surface area contributed by atoms with Crippen LogP contribution in [0, 0.1) is 0 Å². The molecule has 0 saturated carbocycles. The minimum Gasteiger partial charge on any atom is -0.489 e. The molecule has 0 aliphatic heterocycles. The summed E-state index contributed by atoms with van der Waals surface area (Å²) in [5.41, 5.74) is 6.77. The maximum absolute atomic E-state index is 13.4. The van der Waals surface area contributed by atoms with Crippen LogP contribution >= 0.6 is 0 Å². The van der Waals surface area contributed by atoms with E-state index in [2.05, 4.69) is 22.8 Å². The highest BCUT2D eigenvalue weighted by atomic mass is 16.5. The average molecular weight is 671 g/mol. The van der Waals surface area contributed by atoms with Gasteiger partial charge in [0.15, 0.2) is 0 Å². The Labute approximate surface area is 295 Å². The Bertz CT molecular complexity index is 1810. The Balaban J connectivity index is 1.45. The van der Waals surface area contributed by atoms with Crippen molar-refractivity contribution in [1.29, 1.82) is 0 Å². The van der Waals surface area contributed by atoms with Gasteiger partial charge in [0.2, 0.25) is 0 Å². The lowest BCUT2D eigenvalue weighted by molar-refractivity contribution is -0.147. The van der Waals surface area contributed by atoms with Crippen LogP contribution in [0.1, 0.15) is 41.7 Å². The summed E-state index contributed by atoms with van der Waals surface area (Å²) in [5.74, 6) is 1.17. The molecule has 0 amide bonds. The summed E-state index contributed by atoms with van der Waals surface area (Å²) < 4.78 is 18.4. The van der Waals surface area contributed by atoms with Gasteiger partial charge in [0.05, 0.1) is 6.04 Å². The smallest absolute Gasteiger partial charge is 0.323 e. The third-order valence-corrected chi connectivity index (χ3v) is 8.57. The van der Waals surface area contributed by atoms with Gasteiger partial charge < -0.3 is 24.8 Å². The van der Waals surface area contributed by atoms with Crippen molar-refractivity contribution in [3.63, 3.8) is 0 Å². The zero-order valence-electron chi connectivity index (χ0n) is 29.1. The molecule has 258 valence electrons. The second kappa shape index (κ2) is 18.5. The van der Waals surface area contributed by atoms with Gasteiger partial charge in [-0.2, -0.15) is 0 Å². The highest BCUT2D eigenvalue weighted by molar-refractivity contribution is 5.82. The molecule has 5 rings (SSSR count). The number of benzene rings is 5. The van der Waals surface area contributed by atoms with Crippen LogP contribution in [0.5, 0.6) is 11.5 Å². The van der Waals surface area contributed by atoms with Gasteiger partial charge in [0, 0.05) is 6.42 Å². The SMILES string of the molecule is CCN[C@@H](Cc1cc(-c2ccc(OCc3ccccc3)c(C[C@H](NC)C(C)=O)c2)ccc1OCc1ccccc1)C(=O)OCc1ccccc1. The largest absolute Gasteiger partial charge is 0.489 e. The van der Waals surface area contributed by atoms with Gasteiger partial charge in [-0.15, -0.1) is 0 Å². The molecule has 0 unspecified atom stereocenters. The number of carbonyl (C=O) groups is 2. The molecule has 5 aromatic carbocycles. The van der Waals surface area contributed by atoms with Gasteiger partial charge in [-0.05, 0) is 90.1 Å². The Morgan fingerprint density at radius 2 is 1.04 bits per heavy atom. The van der Waals surface area contributed by atoms with Gasteiger partial charge in [0.25, 0.3) is 0 Å². The fraction of sp³-hybridized carbons (Fsp3) is 0.256. The van der Waals surface area contributed by atoms with Gasteiger partial charge in [-0.1, -0.05) is 110 Å². The van der Waals surface area contributed by atoms with Crippen LogP contribution in [0.15, 0.2) is 127 Å². The van der Waals surface area contributed by atoms with Gasteiger partial charge >= 0.3 is 5.97 Å². The molecule has 0 fully saturated rings. The number of rotatable bonds is 18. The van der Waals surface area contributed by atoms with Crippen LogP contribution in [-0.2, 0) is 47.0 Å². The molecular weight excluding hydrogens is 624 g/mol. The lowest BCUT2D eigenvalue weighted by Gasteiger charge is -2.21. The minimum atomic E-state index is -0.575. The molecule has 7 nitrogen and oxygen atoms in total. The predicted octanol–water partition coefficient (Wildman–Crippen LogP) is 7.50. The van der Waals surface area contributed by atoms with Crippen LogP contribution in [0.2, 0.25) is 0 Å². The molecule has 50 heavy (non-hydrogen) atoms. The first kappa shape index (κ1) is 36.1. The van der Waals surface area contributed by atoms with E-state index in [0.29, 0.717) is 38.3 Å². The molecule has 0 radical (unpaired) electrons. The highest BCUT2D eigenvalue weighted by Crippen LogP contribution is 2.33. The molecule has 0 aliphatic rings. The molecule has 0 bridgehead atoms. The molecular formula is C43H46N2O5. The molecule has 0 saturated heterocycles. The van der Waals surface area contributed by atoms with Crippen LogP contribution in [-0.4, -0.2) is 37.4 Å². The van der Waals surface area contributed by atoms with Crippen molar-refractivity contribution in [2.75, 3.05) is 13.6 Å². The zero-order valence-corrected chi connectivity index (χ0v) is 29.1. The summed E-state index contributed by atoms with van der Waals surface area (Å²) in [6.45, 7) is 5.19. The Morgan fingerprint density at radius 3 is 1.46 bits per heavy atom. The van der Waals surface area contributed by atoms with E-state index < -0.39 is 6.04 Å². The van der Waals surface area contributed by atoms with E-state index in [0.717, 1.165) is 44.7 Å². The first-order valence-corrected chi connectivity index (χ1v) is 17.1. The Morgan fingerprint density at radius 1 is 0.600 bits per heavy atom. The van der Waals surface area contributed by atoms with Gasteiger partial charge in [-0.25, -0.2) is 0 Å². The van der Waals surface area contributed by atoms with E-state index in [9.17, 15) is 9.59 Å². The molecule has 0 spiro atoms. The first-order chi connectivity index (χ1) is 24.4. The lowest BCUT2D eigenvalue weighted by atomic mass is 9.94. The Hall–Kier alpha value is -5.24. The third kappa shape index (κ3) is 10.4. The number of likely N-dealkylation sites (N-methyl/N-ethyl adjacent to an activating group) is 2. The first-order valence-electron chi connectivity index (χ1n) is 17.1. The van der Waals surface area contributed by atoms with E-state index in [4.69, 9.17) is 14.2 Å². The van der Waals surface area contributed by atoms with Crippen LogP contribution in [0.25, 0.3) is 11.1 Å². The van der Waals surface area contributed by atoms with Crippen molar-refractivity contribution < 1.29 is 23.8 Å². The number of ether oxygens (including phenoxy) is 3. The zero-order chi connectivity index (χ0) is 35.1. The number of hydrogen-bond donors (Lipinski definition) is 2. The molecule has 2 N–H and O–H groups in total. The minimum absolute atomic E-state index is 0.0581. The molecule has 2 atom stereocenters. The van der Waals surface area contributed by atoms with Crippen LogP contribution in [0.4, 0.5) is 0 Å². The fourth-order valence-corrected chi connectivity index (χ4v) is 5.79. The van der Waals surface area contributed by atoms with Crippen molar-refractivity contribution in [3.8, 4) is 22.6 Å². The third-order valence-electron chi connectivity index (χ3n) is 8.57. The quantitative estimate of drug-likeness (QED) is 0.0935. The number of nitrogens with one attached hydrogen (secondary N) is 2. The number of carbonyl (C=O) groups excluding carboxylic acids is 2. The van der Waals surface area contributed by atoms with E-state index >= 15 is 0 Å². The maximum Gasteiger partial charge on any atom is 0.323 e. The standard InChI is InChI=1S/C43H46N2O5/c1-4-45-40(43(47)50-30-34-18-12-7-13-19-34)27-38-25-36(21-23-42(38)49-29-33-16-10-6-11-17-33)35-20-22-41(48-28-32-14-8-5-9-15-32)37(24-35)26-39(44-3)31(2)46/h5-25,39-40,44-45H,4,26-30H2,1-3H3/t39-,40-/m0/s1. The van der Waals surface area contributed by atoms with E-state index in [1.165, 1.54) is 0 Å². The summed E-state index contributed by atoms with van der Waals surface area (Å²) in [6.07, 6.45) is 0.849. The second-order valence-corrected chi connectivity index (χ2v) is 12.3. The normalized spacial score (nSPS) is 12.1. The Kier molecular flexibility index (Phi) is 13.3. The molecule has 0 aliphatic carbocycles. The summed E-state index contributed by atoms with van der Waals surface area (Å²) >= 11 is 0. The maximum atomic E-state index is 13.4. The number of esters is 1. The van der Waals surface area contributed by atoms with Crippen molar-refractivity contribution in [1.82, 2.24) is 10.6 Å². The van der Waals surface area contributed by atoms with Gasteiger partial charge in [0.1, 0.15) is 43.1 Å². The lowest BCUT2D eigenvalue weighted by Crippen LogP contribution is -2.39. The highest BCUT2D eigenvalue weighted by Gasteiger charge is 2.23. The molecule has 7 heteroatoms. The van der Waals surface area contributed by atoms with E-state index in [1.807, 2.05) is 122 Å². The molecule has 5 aromatic rings. The topological polar surface area (TPSA) is 85.9 Å². The van der Waals surface area contributed by atoms with Crippen LogP contribution < -0.4 is 20.1 Å². The number of Topliss-reactive ketones (excluding diaryl/α,β-unsaturated/α-hetero) is 1. The average Bonchev–Trinajstić information content (AvgIpc) is 3.15. The molecule has 0 aromatic heterocycles. The van der Waals surface area contributed by atoms with Crippen molar-refractivity contribution in [2.24, 2.45) is 0 Å².